The molecule has 0 bridgehead atoms. The van der Waals surface area contributed by atoms with Crippen molar-refractivity contribution in [3.8, 4) is 5.88 Å². The average Bonchev–Trinajstić information content (AvgIpc) is 2.60. The van der Waals surface area contributed by atoms with Crippen LogP contribution in [0, 0.1) is 0 Å². The molecule has 2 heterocycles. The SMILES string of the molecule is CC(C)Oc1ncccc1CNC(=O)c1cc2c(nn1)CCCC2. The van der Waals surface area contributed by atoms with Gasteiger partial charge in [0.15, 0.2) is 5.69 Å². The first-order valence-electron chi connectivity index (χ1n) is 8.37. The van der Waals surface area contributed by atoms with Crippen LogP contribution in [-0.4, -0.2) is 27.2 Å². The predicted molar refractivity (Wildman–Crippen MR) is 89.8 cm³/mol. The average molecular weight is 326 g/mol. The van der Waals surface area contributed by atoms with Crippen molar-refractivity contribution in [1.82, 2.24) is 20.5 Å². The largest absolute Gasteiger partial charge is 0.475 e. The molecular weight excluding hydrogens is 304 g/mol. The Morgan fingerprint density at radius 2 is 2.12 bits per heavy atom. The first-order valence-corrected chi connectivity index (χ1v) is 8.37. The van der Waals surface area contributed by atoms with E-state index in [1.807, 2.05) is 32.0 Å². The van der Waals surface area contributed by atoms with Gasteiger partial charge in [-0.2, -0.15) is 5.10 Å². The van der Waals surface area contributed by atoms with Crippen LogP contribution < -0.4 is 10.1 Å². The van der Waals surface area contributed by atoms with Crippen LogP contribution >= 0.6 is 0 Å². The zero-order chi connectivity index (χ0) is 16.9. The first kappa shape index (κ1) is 16.4. The van der Waals surface area contributed by atoms with Crippen molar-refractivity contribution in [3.05, 3.63) is 46.9 Å². The lowest BCUT2D eigenvalue weighted by Crippen LogP contribution is -2.25. The Morgan fingerprint density at radius 3 is 2.96 bits per heavy atom. The Hall–Kier alpha value is -2.50. The predicted octanol–water partition coefficient (Wildman–Crippen LogP) is 2.47. The number of ether oxygens (including phenoxy) is 1. The van der Waals surface area contributed by atoms with E-state index in [0.717, 1.165) is 42.5 Å². The fourth-order valence-electron chi connectivity index (χ4n) is 2.76. The van der Waals surface area contributed by atoms with Gasteiger partial charge in [0.25, 0.3) is 5.91 Å². The molecule has 0 atom stereocenters. The number of amides is 1. The number of carbonyl (C=O) groups is 1. The molecule has 2 aromatic rings. The van der Waals surface area contributed by atoms with Gasteiger partial charge in [-0.05, 0) is 57.2 Å². The summed E-state index contributed by atoms with van der Waals surface area (Å²) in [5.74, 6) is 0.319. The highest BCUT2D eigenvalue weighted by Crippen LogP contribution is 2.19. The molecule has 0 fully saturated rings. The van der Waals surface area contributed by atoms with Crippen molar-refractivity contribution < 1.29 is 9.53 Å². The highest BCUT2D eigenvalue weighted by atomic mass is 16.5. The molecule has 3 rings (SSSR count). The van der Waals surface area contributed by atoms with Gasteiger partial charge in [0.05, 0.1) is 11.8 Å². The van der Waals surface area contributed by atoms with E-state index < -0.39 is 0 Å². The van der Waals surface area contributed by atoms with Crippen molar-refractivity contribution in [3.63, 3.8) is 0 Å². The van der Waals surface area contributed by atoms with E-state index in [2.05, 4.69) is 20.5 Å². The molecular formula is C18H22N4O2. The fraction of sp³-hybridized carbons (Fsp3) is 0.444. The summed E-state index contributed by atoms with van der Waals surface area (Å²) >= 11 is 0. The van der Waals surface area contributed by atoms with Crippen LogP contribution in [0.15, 0.2) is 24.4 Å². The second-order valence-corrected chi connectivity index (χ2v) is 6.23. The van der Waals surface area contributed by atoms with Gasteiger partial charge in [-0.1, -0.05) is 6.07 Å². The van der Waals surface area contributed by atoms with E-state index in [1.54, 1.807) is 6.20 Å². The Bertz CT molecular complexity index is 731. The van der Waals surface area contributed by atoms with Gasteiger partial charge >= 0.3 is 0 Å². The van der Waals surface area contributed by atoms with Crippen molar-refractivity contribution in [2.45, 2.75) is 52.2 Å². The number of hydrogen-bond acceptors (Lipinski definition) is 5. The number of rotatable bonds is 5. The molecule has 0 saturated heterocycles. The van der Waals surface area contributed by atoms with Crippen molar-refractivity contribution in [2.24, 2.45) is 0 Å². The van der Waals surface area contributed by atoms with Crippen LogP contribution in [0.3, 0.4) is 0 Å². The summed E-state index contributed by atoms with van der Waals surface area (Å²) in [5.41, 5.74) is 3.38. The van der Waals surface area contributed by atoms with Crippen LogP contribution in [0.25, 0.3) is 0 Å². The molecule has 6 heteroatoms. The second-order valence-electron chi connectivity index (χ2n) is 6.23. The third kappa shape index (κ3) is 3.88. The Morgan fingerprint density at radius 1 is 1.29 bits per heavy atom. The summed E-state index contributed by atoms with van der Waals surface area (Å²) in [7, 11) is 0. The van der Waals surface area contributed by atoms with Gasteiger partial charge in [-0.25, -0.2) is 4.98 Å². The third-order valence-corrected chi connectivity index (χ3v) is 3.94. The van der Waals surface area contributed by atoms with Gasteiger partial charge in [0, 0.05) is 18.3 Å². The van der Waals surface area contributed by atoms with E-state index in [0.29, 0.717) is 18.1 Å². The smallest absolute Gasteiger partial charge is 0.272 e. The minimum atomic E-state index is -0.227. The van der Waals surface area contributed by atoms with Gasteiger partial charge in [-0.3, -0.25) is 4.79 Å². The molecule has 6 nitrogen and oxygen atoms in total. The summed E-state index contributed by atoms with van der Waals surface area (Å²) in [6.45, 7) is 4.23. The Kier molecular flexibility index (Phi) is 5.03. The van der Waals surface area contributed by atoms with E-state index in [1.165, 1.54) is 0 Å². The summed E-state index contributed by atoms with van der Waals surface area (Å²) in [4.78, 5) is 16.6. The van der Waals surface area contributed by atoms with Crippen LogP contribution in [0.4, 0.5) is 0 Å². The highest BCUT2D eigenvalue weighted by molar-refractivity contribution is 5.92. The van der Waals surface area contributed by atoms with Crippen LogP contribution in [0.1, 0.15) is 54.0 Å². The van der Waals surface area contributed by atoms with Gasteiger partial charge in [-0.15, -0.1) is 5.10 Å². The van der Waals surface area contributed by atoms with Crippen molar-refractivity contribution in [1.29, 1.82) is 0 Å². The van der Waals surface area contributed by atoms with Crippen molar-refractivity contribution in [2.75, 3.05) is 0 Å². The maximum absolute atomic E-state index is 12.4. The first-order chi connectivity index (χ1) is 11.6. The maximum Gasteiger partial charge on any atom is 0.272 e. The molecule has 0 spiro atoms. The summed E-state index contributed by atoms with van der Waals surface area (Å²) in [6.07, 6.45) is 5.92. The fourth-order valence-corrected chi connectivity index (χ4v) is 2.76. The lowest BCUT2D eigenvalue weighted by molar-refractivity contribution is 0.0944. The van der Waals surface area contributed by atoms with Crippen LogP contribution in [-0.2, 0) is 19.4 Å². The number of fused-ring (bicyclic) bond motifs is 1. The standard InChI is InChI=1S/C18H22N4O2/c1-12(2)24-18-14(7-5-9-19-18)11-20-17(23)16-10-13-6-3-4-8-15(13)21-22-16/h5,7,9-10,12H,3-4,6,8,11H2,1-2H3,(H,20,23). The minimum absolute atomic E-state index is 0.0286. The molecule has 126 valence electrons. The molecule has 1 aliphatic rings. The third-order valence-electron chi connectivity index (χ3n) is 3.94. The minimum Gasteiger partial charge on any atom is -0.475 e. The van der Waals surface area contributed by atoms with E-state index >= 15 is 0 Å². The number of nitrogens with zero attached hydrogens (tertiary/aromatic N) is 3. The summed E-state index contributed by atoms with van der Waals surface area (Å²) < 4.78 is 5.67. The summed E-state index contributed by atoms with van der Waals surface area (Å²) in [5, 5.41) is 11.1. The molecule has 1 amide bonds. The van der Waals surface area contributed by atoms with Gasteiger partial charge < -0.3 is 10.1 Å². The molecule has 0 aliphatic heterocycles. The van der Waals surface area contributed by atoms with E-state index in [4.69, 9.17) is 4.74 Å². The number of aryl methyl sites for hydroxylation is 2. The number of aromatic nitrogens is 3. The molecule has 1 aliphatic carbocycles. The molecule has 0 radical (unpaired) electrons. The molecule has 1 N–H and O–H groups in total. The van der Waals surface area contributed by atoms with E-state index in [-0.39, 0.29) is 12.0 Å². The highest BCUT2D eigenvalue weighted by Gasteiger charge is 2.16. The lowest BCUT2D eigenvalue weighted by atomic mass is 9.96. The zero-order valence-corrected chi connectivity index (χ0v) is 14.1. The zero-order valence-electron chi connectivity index (χ0n) is 14.1. The van der Waals surface area contributed by atoms with Crippen LogP contribution in [0.5, 0.6) is 5.88 Å². The normalized spacial score (nSPS) is 13.5. The summed E-state index contributed by atoms with van der Waals surface area (Å²) in [6, 6.07) is 5.59. The number of pyridine rings is 1. The van der Waals surface area contributed by atoms with Crippen molar-refractivity contribution >= 4 is 5.91 Å². The van der Waals surface area contributed by atoms with Gasteiger partial charge in [0.1, 0.15) is 0 Å². The quantitative estimate of drug-likeness (QED) is 0.913. The van der Waals surface area contributed by atoms with Crippen LogP contribution in [0.2, 0.25) is 0 Å². The molecule has 0 saturated carbocycles. The molecule has 2 aromatic heterocycles. The number of nitrogens with one attached hydrogen (secondary N) is 1. The molecule has 24 heavy (non-hydrogen) atoms. The molecule has 0 aromatic carbocycles. The number of carbonyl (C=O) groups excluding carboxylic acids is 1. The molecule has 0 unspecified atom stereocenters. The monoisotopic (exact) mass is 326 g/mol. The topological polar surface area (TPSA) is 77.0 Å². The second kappa shape index (κ2) is 7.38. The number of hydrogen-bond donors (Lipinski definition) is 1. The Labute approximate surface area is 141 Å². The lowest BCUT2D eigenvalue weighted by Gasteiger charge is -2.15. The van der Waals surface area contributed by atoms with E-state index in [9.17, 15) is 4.79 Å². The Balaban J connectivity index is 1.68. The van der Waals surface area contributed by atoms with Gasteiger partial charge in [0.2, 0.25) is 5.88 Å². The maximum atomic E-state index is 12.4.